The lowest BCUT2D eigenvalue weighted by Gasteiger charge is -2.41. The third-order valence-electron chi connectivity index (χ3n) is 5.90. The average molecular weight is 516 g/mol. The van der Waals surface area contributed by atoms with E-state index in [2.05, 4.69) is 11.4 Å². The monoisotopic (exact) mass is 515 g/mol. The molecule has 0 bridgehead atoms. The number of nitriles is 1. The van der Waals surface area contributed by atoms with Gasteiger partial charge in [-0.3, -0.25) is 9.69 Å². The second-order valence-electron chi connectivity index (χ2n) is 8.74. The minimum atomic E-state index is -3.15. The second-order valence-corrected chi connectivity index (χ2v) is 11.4. The van der Waals surface area contributed by atoms with Gasteiger partial charge in [0.1, 0.15) is 9.84 Å². The highest BCUT2D eigenvalue weighted by Crippen LogP contribution is 2.20. The molecular weight excluding hydrogens is 486 g/mol. The number of benzene rings is 2. The van der Waals surface area contributed by atoms with Crippen molar-refractivity contribution in [3.05, 3.63) is 82.1 Å². The lowest BCUT2D eigenvalue weighted by atomic mass is 10.1. The van der Waals surface area contributed by atoms with Gasteiger partial charge in [0.25, 0.3) is 0 Å². The summed E-state index contributed by atoms with van der Waals surface area (Å²) in [6.07, 6.45) is 3.10. The number of hydrogen-bond acceptors (Lipinski definition) is 7. The molecule has 1 atom stereocenters. The van der Waals surface area contributed by atoms with Crippen LogP contribution in [-0.2, 0) is 27.7 Å². The molecule has 0 saturated carbocycles. The van der Waals surface area contributed by atoms with Crippen LogP contribution in [0.1, 0.15) is 23.1 Å². The van der Waals surface area contributed by atoms with Crippen molar-refractivity contribution in [1.29, 1.82) is 5.26 Å². The number of carbonyl (C=O) groups excluding carboxylic acids is 1. The molecule has 0 spiro atoms. The fraction of sp³-hybridized carbons (Fsp3) is 0.360. The molecule has 3 rings (SSSR count). The van der Waals surface area contributed by atoms with Crippen LogP contribution in [0.2, 0.25) is 5.02 Å². The molecule has 1 unspecified atom stereocenters. The number of piperazine rings is 1. The van der Waals surface area contributed by atoms with E-state index in [9.17, 15) is 13.2 Å². The Kier molecular flexibility index (Phi) is 9.15. The fourth-order valence-electron chi connectivity index (χ4n) is 3.99. The zero-order valence-electron chi connectivity index (χ0n) is 19.7. The van der Waals surface area contributed by atoms with Gasteiger partial charge in [-0.2, -0.15) is 5.26 Å². The SMILES string of the molecule is CS(=O)(=O)CCC1CN(Cc2cccc(Cl)c2)C(=O)CN1C/C(=C/N)NCc1ccc(C#N)cc1. The van der Waals surface area contributed by atoms with Crippen molar-refractivity contribution in [2.75, 3.05) is 31.6 Å². The predicted octanol–water partition coefficient (Wildman–Crippen LogP) is 2.25. The molecule has 186 valence electrons. The zero-order valence-corrected chi connectivity index (χ0v) is 21.2. The van der Waals surface area contributed by atoms with Crippen LogP contribution in [0, 0.1) is 11.3 Å². The minimum Gasteiger partial charge on any atom is -0.403 e. The Bertz CT molecular complexity index is 1210. The van der Waals surface area contributed by atoms with Crippen molar-refractivity contribution in [1.82, 2.24) is 15.1 Å². The molecule has 2 aromatic carbocycles. The van der Waals surface area contributed by atoms with Gasteiger partial charge in [0.05, 0.1) is 23.9 Å². The third kappa shape index (κ3) is 8.28. The number of rotatable bonds is 10. The van der Waals surface area contributed by atoms with Crippen molar-refractivity contribution in [3.8, 4) is 6.07 Å². The van der Waals surface area contributed by atoms with Gasteiger partial charge in [-0.25, -0.2) is 8.42 Å². The number of nitrogens with one attached hydrogen (secondary N) is 1. The summed E-state index contributed by atoms with van der Waals surface area (Å²) in [7, 11) is -3.15. The second kappa shape index (κ2) is 12.1. The van der Waals surface area contributed by atoms with Crippen molar-refractivity contribution in [3.63, 3.8) is 0 Å². The van der Waals surface area contributed by atoms with E-state index in [1.54, 1.807) is 23.1 Å². The summed E-state index contributed by atoms with van der Waals surface area (Å²) in [6, 6.07) is 16.6. The Morgan fingerprint density at radius 2 is 2.00 bits per heavy atom. The molecule has 2 aromatic rings. The lowest BCUT2D eigenvalue weighted by molar-refractivity contribution is -0.139. The van der Waals surface area contributed by atoms with Gasteiger partial charge in [0, 0.05) is 55.4 Å². The maximum absolute atomic E-state index is 13.0. The van der Waals surface area contributed by atoms with E-state index in [1.165, 1.54) is 12.5 Å². The van der Waals surface area contributed by atoms with Crippen LogP contribution >= 0.6 is 11.6 Å². The number of amides is 1. The first-order valence-electron chi connectivity index (χ1n) is 11.2. The largest absolute Gasteiger partial charge is 0.403 e. The first-order valence-corrected chi connectivity index (χ1v) is 13.7. The van der Waals surface area contributed by atoms with E-state index >= 15 is 0 Å². The minimum absolute atomic E-state index is 0.0354. The summed E-state index contributed by atoms with van der Waals surface area (Å²) >= 11 is 6.10. The van der Waals surface area contributed by atoms with E-state index < -0.39 is 9.84 Å². The summed E-state index contributed by atoms with van der Waals surface area (Å²) in [5, 5.41) is 12.8. The number of halogens is 1. The van der Waals surface area contributed by atoms with Crippen molar-refractivity contribution in [2.45, 2.75) is 25.6 Å². The van der Waals surface area contributed by atoms with Gasteiger partial charge in [-0.05, 0) is 41.8 Å². The molecule has 1 saturated heterocycles. The van der Waals surface area contributed by atoms with E-state index in [1.807, 2.05) is 35.2 Å². The number of hydrogen-bond donors (Lipinski definition) is 2. The molecule has 10 heteroatoms. The highest BCUT2D eigenvalue weighted by molar-refractivity contribution is 7.90. The average Bonchev–Trinajstić information content (AvgIpc) is 2.82. The Hall–Kier alpha value is -3.06. The van der Waals surface area contributed by atoms with Crippen molar-refractivity contribution < 1.29 is 13.2 Å². The number of nitrogens with two attached hydrogens (primary N) is 1. The summed E-state index contributed by atoms with van der Waals surface area (Å²) in [6.45, 7) is 1.88. The molecule has 1 fully saturated rings. The third-order valence-corrected chi connectivity index (χ3v) is 7.11. The van der Waals surface area contributed by atoms with E-state index in [0.29, 0.717) is 43.2 Å². The molecule has 1 heterocycles. The van der Waals surface area contributed by atoms with Crippen molar-refractivity contribution >= 4 is 27.3 Å². The molecule has 8 nitrogen and oxygen atoms in total. The summed E-state index contributed by atoms with van der Waals surface area (Å²) in [5.74, 6) is -0.00250. The van der Waals surface area contributed by atoms with Gasteiger partial charge in [-0.1, -0.05) is 35.9 Å². The summed E-state index contributed by atoms with van der Waals surface area (Å²) in [5.41, 5.74) is 9.10. The normalized spacial score (nSPS) is 17.3. The summed E-state index contributed by atoms with van der Waals surface area (Å²) < 4.78 is 23.7. The van der Waals surface area contributed by atoms with Crippen LogP contribution in [0.25, 0.3) is 0 Å². The van der Waals surface area contributed by atoms with Crippen LogP contribution in [0.15, 0.2) is 60.4 Å². The zero-order chi connectivity index (χ0) is 25.4. The van der Waals surface area contributed by atoms with Gasteiger partial charge >= 0.3 is 0 Å². The van der Waals surface area contributed by atoms with Crippen LogP contribution in [0.3, 0.4) is 0 Å². The molecule has 0 aromatic heterocycles. The Balaban J connectivity index is 1.68. The molecule has 3 N–H and O–H groups in total. The van der Waals surface area contributed by atoms with Crippen LogP contribution in [0.4, 0.5) is 0 Å². The van der Waals surface area contributed by atoms with Gasteiger partial charge in [0.15, 0.2) is 0 Å². The van der Waals surface area contributed by atoms with Crippen LogP contribution < -0.4 is 11.1 Å². The molecule has 35 heavy (non-hydrogen) atoms. The van der Waals surface area contributed by atoms with Crippen molar-refractivity contribution in [2.24, 2.45) is 5.73 Å². The molecule has 0 aliphatic carbocycles. The number of nitrogens with zero attached hydrogens (tertiary/aromatic N) is 3. The molecule has 1 aliphatic rings. The molecule has 0 radical (unpaired) electrons. The Morgan fingerprint density at radius 3 is 2.63 bits per heavy atom. The predicted molar refractivity (Wildman–Crippen MR) is 137 cm³/mol. The van der Waals surface area contributed by atoms with Crippen LogP contribution in [-0.4, -0.2) is 61.8 Å². The maximum atomic E-state index is 13.0. The first kappa shape index (κ1) is 26.5. The van der Waals surface area contributed by atoms with E-state index in [4.69, 9.17) is 22.6 Å². The van der Waals surface area contributed by atoms with E-state index in [-0.39, 0.29) is 24.2 Å². The Morgan fingerprint density at radius 1 is 1.26 bits per heavy atom. The smallest absolute Gasteiger partial charge is 0.237 e. The van der Waals surface area contributed by atoms with E-state index in [0.717, 1.165) is 16.8 Å². The highest BCUT2D eigenvalue weighted by atomic mass is 35.5. The molecule has 1 amide bonds. The standard InChI is InChI=1S/C25H30ClN5O3S/c1-35(33,34)10-9-24-17-31(15-21-3-2-4-22(26)11-21)25(32)18-30(24)16-23(13-28)29-14-20-7-5-19(12-27)6-8-20/h2-8,11,13,24,29H,9-10,14-18,28H2,1H3/b23-13-. The quantitative estimate of drug-likeness (QED) is 0.498. The highest BCUT2D eigenvalue weighted by Gasteiger charge is 2.33. The Labute approximate surface area is 211 Å². The van der Waals surface area contributed by atoms with Gasteiger partial charge < -0.3 is 16.0 Å². The maximum Gasteiger partial charge on any atom is 0.237 e. The van der Waals surface area contributed by atoms with Crippen LogP contribution in [0.5, 0.6) is 0 Å². The van der Waals surface area contributed by atoms with Gasteiger partial charge in [-0.15, -0.1) is 0 Å². The van der Waals surface area contributed by atoms with Gasteiger partial charge in [0.2, 0.25) is 5.91 Å². The topological polar surface area (TPSA) is 120 Å². The number of sulfone groups is 1. The number of carbonyl (C=O) groups is 1. The molecule has 1 aliphatic heterocycles. The molecular formula is C25H30ClN5O3S. The fourth-order valence-corrected chi connectivity index (χ4v) is 4.90. The lowest BCUT2D eigenvalue weighted by Crippen LogP contribution is -2.57. The first-order chi connectivity index (χ1) is 16.7. The summed E-state index contributed by atoms with van der Waals surface area (Å²) in [4.78, 5) is 16.7.